The van der Waals surface area contributed by atoms with E-state index in [0.29, 0.717) is 23.8 Å². The molecule has 0 spiro atoms. The number of piperidine rings is 1. The number of aliphatic carboxylic acids is 1. The molecule has 1 saturated heterocycles. The number of hydrogen-bond donors (Lipinski definition) is 3. The second-order valence-corrected chi connectivity index (χ2v) is 10.5. The van der Waals surface area contributed by atoms with Crippen LogP contribution in [0.15, 0.2) is 84.9 Å². The van der Waals surface area contributed by atoms with Gasteiger partial charge in [-0.15, -0.1) is 0 Å². The summed E-state index contributed by atoms with van der Waals surface area (Å²) >= 11 is 0. The van der Waals surface area contributed by atoms with Crippen molar-refractivity contribution in [3.63, 3.8) is 0 Å². The zero-order valence-electron chi connectivity index (χ0n) is 21.9. The van der Waals surface area contributed by atoms with Gasteiger partial charge in [0.05, 0.1) is 6.10 Å². The van der Waals surface area contributed by atoms with E-state index in [1.165, 1.54) is 6.92 Å². The van der Waals surface area contributed by atoms with Crippen molar-refractivity contribution in [2.75, 3.05) is 19.6 Å². The van der Waals surface area contributed by atoms with Crippen LogP contribution < -0.4 is 0 Å². The third-order valence-corrected chi connectivity index (χ3v) is 8.13. The molecular formula is C32H37NO5. The average Bonchev–Trinajstić information content (AvgIpc) is 2.97. The van der Waals surface area contributed by atoms with Gasteiger partial charge in [0, 0.05) is 0 Å². The number of aldehydes is 1. The monoisotopic (exact) mass is 515 g/mol. The number of hydrogen-bond acceptors (Lipinski definition) is 5. The molecule has 0 aliphatic carbocycles. The van der Waals surface area contributed by atoms with Crippen LogP contribution in [0.4, 0.5) is 0 Å². The number of carbonyl (C=O) groups excluding carboxylic acids is 1. The summed E-state index contributed by atoms with van der Waals surface area (Å²) in [4.78, 5) is 25.2. The molecule has 3 N–H and O–H groups in total. The molecule has 1 aliphatic heterocycles. The number of likely N-dealkylation sites (tertiary alicyclic amines) is 1. The van der Waals surface area contributed by atoms with Crippen molar-refractivity contribution in [1.82, 2.24) is 4.90 Å². The molecule has 2 atom stereocenters. The lowest BCUT2D eigenvalue weighted by atomic mass is 9.72. The Hall–Kier alpha value is -3.32. The molecule has 2 unspecified atom stereocenters. The van der Waals surface area contributed by atoms with E-state index in [1.54, 1.807) is 24.3 Å². The zero-order valence-corrected chi connectivity index (χ0v) is 21.9. The maximum atomic E-state index is 12.1. The highest BCUT2D eigenvalue weighted by molar-refractivity contribution is 5.98. The predicted molar refractivity (Wildman–Crippen MR) is 147 cm³/mol. The van der Waals surface area contributed by atoms with Crippen LogP contribution in [-0.2, 0) is 20.6 Å². The minimum atomic E-state index is -1.59. The lowest BCUT2D eigenvalue weighted by molar-refractivity contribution is -0.145. The zero-order chi connectivity index (χ0) is 27.2. The fourth-order valence-corrected chi connectivity index (χ4v) is 5.57. The van der Waals surface area contributed by atoms with Gasteiger partial charge < -0.3 is 25.0 Å². The molecule has 0 amide bonds. The van der Waals surface area contributed by atoms with Crippen molar-refractivity contribution in [3.8, 4) is 0 Å². The molecule has 1 aliphatic rings. The van der Waals surface area contributed by atoms with Gasteiger partial charge in [0.1, 0.15) is 17.3 Å². The van der Waals surface area contributed by atoms with E-state index in [4.69, 9.17) is 0 Å². The average molecular weight is 516 g/mol. The van der Waals surface area contributed by atoms with Gasteiger partial charge in [-0.3, -0.25) is 4.79 Å². The third kappa shape index (κ3) is 5.73. The summed E-state index contributed by atoms with van der Waals surface area (Å²) in [5.41, 5.74) is 0.332. The normalized spacial score (nSPS) is 17.4. The van der Waals surface area contributed by atoms with E-state index in [1.807, 2.05) is 60.7 Å². The molecule has 0 saturated carbocycles. The molecule has 3 aromatic carbocycles. The summed E-state index contributed by atoms with van der Waals surface area (Å²) < 4.78 is 0. The first-order chi connectivity index (χ1) is 18.3. The summed E-state index contributed by atoms with van der Waals surface area (Å²) in [6.45, 7) is 4.00. The number of aliphatic hydroxyl groups excluding tert-OH is 1. The quantitative estimate of drug-likeness (QED) is 0.253. The Bertz CT molecular complexity index is 1150. The van der Waals surface area contributed by atoms with Crippen molar-refractivity contribution in [1.29, 1.82) is 0 Å². The number of rotatable bonds is 11. The highest BCUT2D eigenvalue weighted by Gasteiger charge is 2.41. The summed E-state index contributed by atoms with van der Waals surface area (Å²) in [6, 6.07) is 26.5. The number of carboxylic acids is 1. The van der Waals surface area contributed by atoms with Crippen molar-refractivity contribution < 1.29 is 24.9 Å². The topological polar surface area (TPSA) is 98.1 Å². The fraction of sp³-hybridized carbons (Fsp3) is 0.375. The highest BCUT2D eigenvalue weighted by Crippen LogP contribution is 2.42. The van der Waals surface area contributed by atoms with Crippen LogP contribution in [0.1, 0.15) is 61.0 Å². The summed E-state index contributed by atoms with van der Waals surface area (Å²) in [5.74, 6) is -1.09. The van der Waals surface area contributed by atoms with E-state index >= 15 is 0 Å². The third-order valence-electron chi connectivity index (χ3n) is 8.13. The van der Waals surface area contributed by atoms with Gasteiger partial charge in [-0.1, -0.05) is 84.9 Å². The highest BCUT2D eigenvalue weighted by atomic mass is 16.4. The second kappa shape index (κ2) is 12.0. The van der Waals surface area contributed by atoms with E-state index in [2.05, 4.69) is 4.90 Å². The number of aliphatic hydroxyl groups is 2. The maximum absolute atomic E-state index is 12.1. The summed E-state index contributed by atoms with van der Waals surface area (Å²) in [7, 11) is 0. The molecule has 1 heterocycles. The van der Waals surface area contributed by atoms with Crippen LogP contribution in [0.25, 0.3) is 0 Å². The molecule has 0 bridgehead atoms. The molecule has 6 nitrogen and oxygen atoms in total. The second-order valence-electron chi connectivity index (χ2n) is 10.5. The Morgan fingerprint density at radius 1 is 0.921 bits per heavy atom. The van der Waals surface area contributed by atoms with Gasteiger partial charge in [-0.05, 0) is 80.4 Å². The first kappa shape index (κ1) is 27.7. The largest absolute Gasteiger partial charge is 0.480 e. The SMILES string of the molecule is CC(C=O)(C(=O)O)c1ccc(C(O)CCCN2CCC(C(O)(c3ccccc3)c3ccccc3)CC2)cc1. The molecule has 200 valence electrons. The predicted octanol–water partition coefficient (Wildman–Crippen LogP) is 4.69. The van der Waals surface area contributed by atoms with Crippen LogP contribution in [0.2, 0.25) is 0 Å². The van der Waals surface area contributed by atoms with Crippen molar-refractivity contribution >= 4 is 12.3 Å². The van der Waals surface area contributed by atoms with Crippen LogP contribution in [0.5, 0.6) is 0 Å². The first-order valence-electron chi connectivity index (χ1n) is 13.3. The summed E-state index contributed by atoms with van der Waals surface area (Å²) in [5, 5.41) is 32.1. The minimum Gasteiger partial charge on any atom is -0.480 e. The maximum Gasteiger partial charge on any atom is 0.321 e. The van der Waals surface area contributed by atoms with Crippen molar-refractivity contribution in [2.24, 2.45) is 5.92 Å². The number of carbonyl (C=O) groups is 2. The molecule has 4 rings (SSSR count). The molecule has 0 radical (unpaired) electrons. The molecule has 0 aromatic heterocycles. The van der Waals surface area contributed by atoms with Gasteiger partial charge in [0.2, 0.25) is 0 Å². The fourth-order valence-electron chi connectivity index (χ4n) is 5.57. The summed E-state index contributed by atoms with van der Waals surface area (Å²) in [6.07, 6.45) is 2.93. The minimum absolute atomic E-state index is 0.107. The molecular weight excluding hydrogens is 478 g/mol. The van der Waals surface area contributed by atoms with Gasteiger partial charge in [0.25, 0.3) is 0 Å². The number of nitrogens with zero attached hydrogens (tertiary/aromatic N) is 1. The van der Waals surface area contributed by atoms with E-state index in [0.717, 1.165) is 50.0 Å². The Kier molecular flexibility index (Phi) is 8.77. The standard InChI is InChI=1S/C32H37NO5/c1-31(23-34,30(36)37)25-16-14-24(15-17-25)29(35)13-8-20-33-21-18-28(19-22-33)32(38,26-9-4-2-5-10-26)27-11-6-3-7-12-27/h2-7,9-12,14-17,23,28-29,35,38H,8,13,18-22H2,1H3,(H,36,37). The lowest BCUT2D eigenvalue weighted by Crippen LogP contribution is -2.44. The smallest absolute Gasteiger partial charge is 0.321 e. The molecule has 3 aromatic rings. The Morgan fingerprint density at radius 3 is 1.92 bits per heavy atom. The number of carboxylic acid groups (broad SMARTS) is 1. The van der Waals surface area contributed by atoms with Crippen LogP contribution in [0.3, 0.4) is 0 Å². The van der Waals surface area contributed by atoms with E-state index < -0.39 is 23.1 Å². The van der Waals surface area contributed by atoms with Gasteiger partial charge in [0.15, 0.2) is 0 Å². The number of benzene rings is 3. The first-order valence-corrected chi connectivity index (χ1v) is 13.3. The molecule has 6 heteroatoms. The van der Waals surface area contributed by atoms with Crippen LogP contribution >= 0.6 is 0 Å². The van der Waals surface area contributed by atoms with Gasteiger partial charge in [-0.25, -0.2) is 0 Å². The van der Waals surface area contributed by atoms with Gasteiger partial charge >= 0.3 is 5.97 Å². The van der Waals surface area contributed by atoms with Crippen LogP contribution in [0, 0.1) is 5.92 Å². The van der Waals surface area contributed by atoms with E-state index in [9.17, 15) is 24.9 Å². The Morgan fingerprint density at radius 2 is 1.45 bits per heavy atom. The Labute approximate surface area is 224 Å². The lowest BCUT2D eigenvalue weighted by Gasteiger charge is -2.42. The van der Waals surface area contributed by atoms with E-state index in [-0.39, 0.29) is 5.92 Å². The molecule has 38 heavy (non-hydrogen) atoms. The van der Waals surface area contributed by atoms with Crippen molar-refractivity contribution in [2.45, 2.75) is 49.7 Å². The molecule has 1 fully saturated rings. The van der Waals surface area contributed by atoms with Gasteiger partial charge in [-0.2, -0.15) is 0 Å². The van der Waals surface area contributed by atoms with Crippen LogP contribution in [-0.4, -0.2) is 52.1 Å². The Balaban J connectivity index is 1.32. The van der Waals surface area contributed by atoms with Crippen molar-refractivity contribution in [3.05, 3.63) is 107 Å².